The smallest absolute Gasteiger partial charge is 0.229 e. The van der Waals surface area contributed by atoms with Crippen molar-refractivity contribution in [2.45, 2.75) is 47.0 Å². The standard InChI is InChI=1S/C23H28N2O2/c1-5-17-8-7-9-18(6-2)22(17)25-14-19(13-21(25)26)23(27)24-20-11-10-15(3)12-16(20)4/h7-12,19H,5-6,13-14H2,1-4H3,(H,24,27)/t19-/m1/s1. The predicted octanol–water partition coefficient (Wildman–Crippen LogP) is 4.42. The molecule has 0 unspecified atom stereocenters. The summed E-state index contributed by atoms with van der Waals surface area (Å²) in [7, 11) is 0. The highest BCUT2D eigenvalue weighted by atomic mass is 16.2. The highest BCUT2D eigenvalue weighted by Crippen LogP contribution is 2.33. The van der Waals surface area contributed by atoms with E-state index in [1.54, 1.807) is 0 Å². The number of para-hydroxylation sites is 1. The Bertz CT molecular complexity index is 850. The van der Waals surface area contributed by atoms with Crippen molar-refractivity contribution in [3.8, 4) is 0 Å². The summed E-state index contributed by atoms with van der Waals surface area (Å²) in [4.78, 5) is 27.4. The third-order valence-electron chi connectivity index (χ3n) is 5.37. The maximum absolute atomic E-state index is 12.8. The van der Waals surface area contributed by atoms with Crippen LogP contribution in [0.2, 0.25) is 0 Å². The topological polar surface area (TPSA) is 49.4 Å². The van der Waals surface area contributed by atoms with Crippen molar-refractivity contribution in [2.75, 3.05) is 16.8 Å². The Morgan fingerprint density at radius 2 is 1.78 bits per heavy atom. The van der Waals surface area contributed by atoms with E-state index < -0.39 is 0 Å². The Balaban J connectivity index is 1.80. The van der Waals surface area contributed by atoms with Gasteiger partial charge < -0.3 is 10.2 Å². The molecule has 0 aromatic heterocycles. The third-order valence-corrected chi connectivity index (χ3v) is 5.37. The molecule has 0 radical (unpaired) electrons. The van der Waals surface area contributed by atoms with Gasteiger partial charge in [0, 0.05) is 24.3 Å². The molecular formula is C23H28N2O2. The first-order chi connectivity index (χ1) is 12.9. The summed E-state index contributed by atoms with van der Waals surface area (Å²) in [5.41, 5.74) is 6.36. The monoisotopic (exact) mass is 364 g/mol. The van der Waals surface area contributed by atoms with E-state index in [1.165, 1.54) is 0 Å². The summed E-state index contributed by atoms with van der Waals surface area (Å²) in [6.07, 6.45) is 2.00. The van der Waals surface area contributed by atoms with E-state index in [4.69, 9.17) is 0 Å². The second kappa shape index (κ2) is 7.95. The predicted molar refractivity (Wildman–Crippen MR) is 110 cm³/mol. The van der Waals surface area contributed by atoms with Crippen molar-refractivity contribution in [3.63, 3.8) is 0 Å². The number of benzene rings is 2. The molecule has 0 spiro atoms. The van der Waals surface area contributed by atoms with Gasteiger partial charge in [-0.2, -0.15) is 0 Å². The van der Waals surface area contributed by atoms with Crippen molar-refractivity contribution in [1.29, 1.82) is 0 Å². The van der Waals surface area contributed by atoms with Crippen LogP contribution in [0.1, 0.15) is 42.5 Å². The van der Waals surface area contributed by atoms with Gasteiger partial charge in [-0.15, -0.1) is 0 Å². The van der Waals surface area contributed by atoms with Crippen LogP contribution >= 0.6 is 0 Å². The van der Waals surface area contributed by atoms with Crippen LogP contribution in [-0.2, 0) is 22.4 Å². The molecule has 0 saturated carbocycles. The van der Waals surface area contributed by atoms with Crippen LogP contribution in [0.15, 0.2) is 36.4 Å². The molecule has 1 saturated heterocycles. The van der Waals surface area contributed by atoms with E-state index in [2.05, 4.69) is 31.3 Å². The Labute approximate surface area is 161 Å². The minimum Gasteiger partial charge on any atom is -0.326 e. The van der Waals surface area contributed by atoms with Crippen LogP contribution < -0.4 is 10.2 Å². The molecule has 3 rings (SSSR count). The van der Waals surface area contributed by atoms with Gasteiger partial charge in [0.2, 0.25) is 11.8 Å². The molecule has 142 valence electrons. The zero-order valence-electron chi connectivity index (χ0n) is 16.6. The summed E-state index contributed by atoms with van der Waals surface area (Å²) < 4.78 is 0. The van der Waals surface area contributed by atoms with Crippen LogP contribution in [0.25, 0.3) is 0 Å². The molecule has 1 fully saturated rings. The fourth-order valence-corrected chi connectivity index (χ4v) is 3.85. The summed E-state index contributed by atoms with van der Waals surface area (Å²) in [6.45, 7) is 8.66. The second-order valence-corrected chi connectivity index (χ2v) is 7.34. The number of nitrogens with zero attached hydrogens (tertiary/aromatic N) is 1. The van der Waals surface area contributed by atoms with Crippen molar-refractivity contribution in [1.82, 2.24) is 0 Å². The maximum Gasteiger partial charge on any atom is 0.229 e. The lowest BCUT2D eigenvalue weighted by Gasteiger charge is -2.23. The van der Waals surface area contributed by atoms with Gasteiger partial charge in [0.25, 0.3) is 0 Å². The largest absolute Gasteiger partial charge is 0.326 e. The van der Waals surface area contributed by atoms with Gasteiger partial charge in [-0.05, 0) is 49.4 Å². The first kappa shape index (κ1) is 19.2. The van der Waals surface area contributed by atoms with E-state index in [1.807, 2.05) is 43.0 Å². The number of amides is 2. The molecule has 1 heterocycles. The number of aryl methyl sites for hydroxylation is 4. The molecule has 1 aliphatic rings. The summed E-state index contributed by atoms with van der Waals surface area (Å²) in [5.74, 6) is -0.371. The quantitative estimate of drug-likeness (QED) is 0.854. The molecular weight excluding hydrogens is 336 g/mol. The number of carbonyl (C=O) groups excluding carboxylic acids is 2. The second-order valence-electron chi connectivity index (χ2n) is 7.34. The molecule has 1 N–H and O–H groups in total. The van der Waals surface area contributed by atoms with E-state index in [-0.39, 0.29) is 24.2 Å². The van der Waals surface area contributed by atoms with E-state index >= 15 is 0 Å². The zero-order chi connectivity index (χ0) is 19.6. The number of rotatable bonds is 5. The van der Waals surface area contributed by atoms with Gasteiger partial charge in [0.1, 0.15) is 0 Å². The molecule has 2 amide bonds. The van der Waals surface area contributed by atoms with Gasteiger partial charge in [0.15, 0.2) is 0 Å². The molecule has 2 aromatic rings. The van der Waals surface area contributed by atoms with E-state index in [9.17, 15) is 9.59 Å². The van der Waals surface area contributed by atoms with Crippen molar-refractivity contribution < 1.29 is 9.59 Å². The van der Waals surface area contributed by atoms with Crippen molar-refractivity contribution >= 4 is 23.2 Å². The summed E-state index contributed by atoms with van der Waals surface area (Å²) >= 11 is 0. The highest BCUT2D eigenvalue weighted by molar-refractivity contribution is 6.04. The highest BCUT2D eigenvalue weighted by Gasteiger charge is 2.36. The lowest BCUT2D eigenvalue weighted by molar-refractivity contribution is -0.122. The Morgan fingerprint density at radius 3 is 2.37 bits per heavy atom. The normalized spacial score (nSPS) is 16.7. The number of carbonyl (C=O) groups is 2. The van der Waals surface area contributed by atoms with Crippen molar-refractivity contribution in [3.05, 3.63) is 58.7 Å². The first-order valence-electron chi connectivity index (χ1n) is 9.73. The van der Waals surface area contributed by atoms with E-state index in [0.717, 1.165) is 46.5 Å². The fraction of sp³-hybridized carbons (Fsp3) is 0.391. The summed E-state index contributed by atoms with van der Waals surface area (Å²) in [5, 5.41) is 3.01. The first-order valence-corrected chi connectivity index (χ1v) is 9.73. The summed E-state index contributed by atoms with van der Waals surface area (Å²) in [6, 6.07) is 12.2. The maximum atomic E-state index is 12.8. The SMILES string of the molecule is CCc1cccc(CC)c1N1C[C@H](C(=O)Nc2ccc(C)cc2C)CC1=O. The molecule has 0 bridgehead atoms. The molecule has 2 aromatic carbocycles. The minimum absolute atomic E-state index is 0.0337. The molecule has 4 heteroatoms. The third kappa shape index (κ3) is 3.90. The van der Waals surface area contributed by atoms with Gasteiger partial charge >= 0.3 is 0 Å². The molecule has 1 atom stereocenters. The lowest BCUT2D eigenvalue weighted by atomic mass is 10.0. The number of anilines is 2. The average Bonchev–Trinajstić information content (AvgIpc) is 3.04. The number of hydrogen-bond acceptors (Lipinski definition) is 2. The van der Waals surface area contributed by atoms with Gasteiger partial charge in [-0.3, -0.25) is 9.59 Å². The lowest BCUT2D eigenvalue weighted by Crippen LogP contribution is -2.29. The van der Waals surface area contributed by atoms with Crippen molar-refractivity contribution in [2.24, 2.45) is 5.92 Å². The van der Waals surface area contributed by atoms with Gasteiger partial charge in [-0.25, -0.2) is 0 Å². The van der Waals surface area contributed by atoms with Crippen LogP contribution in [0.4, 0.5) is 11.4 Å². The zero-order valence-corrected chi connectivity index (χ0v) is 16.6. The van der Waals surface area contributed by atoms with Crippen LogP contribution in [0.5, 0.6) is 0 Å². The van der Waals surface area contributed by atoms with Crippen LogP contribution in [-0.4, -0.2) is 18.4 Å². The minimum atomic E-state index is -0.326. The Morgan fingerprint density at radius 1 is 1.11 bits per heavy atom. The molecule has 27 heavy (non-hydrogen) atoms. The molecule has 4 nitrogen and oxygen atoms in total. The average molecular weight is 364 g/mol. The number of nitrogens with one attached hydrogen (secondary N) is 1. The van der Waals surface area contributed by atoms with Crippen LogP contribution in [0.3, 0.4) is 0 Å². The molecule has 0 aliphatic carbocycles. The molecule has 1 aliphatic heterocycles. The number of hydrogen-bond donors (Lipinski definition) is 1. The Kier molecular flexibility index (Phi) is 5.64. The fourth-order valence-electron chi connectivity index (χ4n) is 3.85. The van der Waals surface area contributed by atoms with Gasteiger partial charge in [-0.1, -0.05) is 49.7 Å². The van der Waals surface area contributed by atoms with E-state index in [0.29, 0.717) is 6.54 Å². The van der Waals surface area contributed by atoms with Gasteiger partial charge in [0.05, 0.1) is 5.92 Å². The van der Waals surface area contributed by atoms with Crippen LogP contribution in [0, 0.1) is 19.8 Å². The Hall–Kier alpha value is -2.62.